The molecule has 19 heavy (non-hydrogen) atoms. The summed E-state index contributed by atoms with van der Waals surface area (Å²) in [5.74, 6) is -1.05. The van der Waals surface area contributed by atoms with Crippen molar-refractivity contribution >= 4 is 11.7 Å². The molecule has 0 aromatic heterocycles. The highest BCUT2D eigenvalue weighted by molar-refractivity contribution is 5.85. The number of carbonyl (C=O) groups is 1. The van der Waals surface area contributed by atoms with E-state index in [1.54, 1.807) is 0 Å². The summed E-state index contributed by atoms with van der Waals surface area (Å²) < 4.78 is 0. The van der Waals surface area contributed by atoms with Crippen LogP contribution in [0.2, 0.25) is 0 Å². The number of hydrogen-bond acceptors (Lipinski definition) is 5. The van der Waals surface area contributed by atoms with Crippen LogP contribution in [-0.2, 0) is 4.79 Å². The van der Waals surface area contributed by atoms with Gasteiger partial charge in [-0.1, -0.05) is 12.1 Å². The number of aromatic hydroxyl groups is 1. The van der Waals surface area contributed by atoms with Gasteiger partial charge in [-0.05, 0) is 17.7 Å². The third-order valence-corrected chi connectivity index (χ3v) is 2.80. The van der Waals surface area contributed by atoms with Crippen LogP contribution < -0.4 is 15.8 Å². The molecule has 0 amide bonds. The normalized spacial score (nSPS) is 10.6. The molecule has 0 aliphatic heterocycles. The van der Waals surface area contributed by atoms with Crippen LogP contribution in [0.5, 0.6) is 5.75 Å². The minimum absolute atomic E-state index is 0.0443. The van der Waals surface area contributed by atoms with Gasteiger partial charge in [-0.2, -0.15) is 0 Å². The van der Waals surface area contributed by atoms with E-state index in [0.717, 1.165) is 0 Å². The molecule has 2 rings (SSSR count). The molecular formula is C13H11NO5. The molecule has 0 unspecified atom stereocenters. The van der Waals surface area contributed by atoms with Gasteiger partial charge in [-0.25, -0.2) is 0 Å². The van der Waals surface area contributed by atoms with Gasteiger partial charge in [0.15, 0.2) is 0 Å². The number of rotatable bonds is 4. The molecule has 0 aliphatic carbocycles. The highest BCUT2D eigenvalue weighted by atomic mass is 16.4. The van der Waals surface area contributed by atoms with Crippen molar-refractivity contribution in [2.75, 3.05) is 18.5 Å². The Labute approximate surface area is 107 Å². The fraction of sp³-hybridized carbons (Fsp3) is 0.154. The van der Waals surface area contributed by atoms with Gasteiger partial charge in [0.1, 0.15) is 18.0 Å². The zero-order valence-corrected chi connectivity index (χ0v) is 10.1. The van der Waals surface area contributed by atoms with Crippen LogP contribution in [0, 0.1) is 0 Å². The maximum absolute atomic E-state index is 11.6. The lowest BCUT2D eigenvalue weighted by Crippen LogP contribution is -2.42. The summed E-state index contributed by atoms with van der Waals surface area (Å²) in [5.41, 5.74) is -0.564. The summed E-state index contributed by atoms with van der Waals surface area (Å²) in [5, 5.41) is 17.9. The Hall–Kier alpha value is -2.63. The highest BCUT2D eigenvalue weighted by Crippen LogP contribution is 2.27. The lowest BCUT2D eigenvalue weighted by atomic mass is 9.98. The Balaban J connectivity index is 2.45. The summed E-state index contributed by atoms with van der Waals surface area (Å²) in [7, 11) is 1.44. The number of anilines is 1. The summed E-state index contributed by atoms with van der Waals surface area (Å²) in [4.78, 5) is 35.0. The fourth-order valence-electron chi connectivity index (χ4n) is 1.92. The van der Waals surface area contributed by atoms with E-state index in [2.05, 4.69) is 0 Å². The van der Waals surface area contributed by atoms with Gasteiger partial charge in [-0.3, -0.25) is 14.4 Å². The predicted octanol–water partition coefficient (Wildman–Crippen LogP) is 0.176. The van der Waals surface area contributed by atoms with E-state index in [0.29, 0.717) is 5.56 Å². The topological polar surface area (TPSA) is 94.9 Å². The molecule has 0 saturated heterocycles. The van der Waals surface area contributed by atoms with Crippen molar-refractivity contribution in [2.45, 2.75) is 0 Å². The third-order valence-electron chi connectivity index (χ3n) is 2.80. The van der Waals surface area contributed by atoms with Crippen molar-refractivity contribution < 1.29 is 15.0 Å². The number of likely N-dealkylation sites (N-methyl/N-ethyl adjacent to an activating group) is 1. The molecule has 2 aromatic carbocycles. The van der Waals surface area contributed by atoms with Gasteiger partial charge in [-0.15, -0.1) is 0 Å². The molecule has 6 nitrogen and oxygen atoms in total. The Bertz CT molecular complexity index is 695. The lowest BCUT2D eigenvalue weighted by Gasteiger charge is -2.21. The largest absolute Gasteiger partial charge is 0.508 e. The Morgan fingerprint density at radius 2 is 1.74 bits per heavy atom. The average molecular weight is 261 g/mol. The van der Waals surface area contributed by atoms with E-state index in [9.17, 15) is 19.5 Å². The van der Waals surface area contributed by atoms with E-state index in [-0.39, 0.29) is 23.5 Å². The SMILES string of the molecule is CN(CC(=O)O)c1c(-c2ccc(O)cc2)c(=O)c1=O. The molecule has 0 spiro atoms. The van der Waals surface area contributed by atoms with E-state index in [4.69, 9.17) is 5.11 Å². The summed E-state index contributed by atoms with van der Waals surface area (Å²) in [6.45, 7) is -0.365. The maximum atomic E-state index is 11.6. The van der Waals surface area contributed by atoms with Gasteiger partial charge < -0.3 is 15.1 Å². The van der Waals surface area contributed by atoms with Crippen LogP contribution in [0.1, 0.15) is 0 Å². The Morgan fingerprint density at radius 1 is 1.16 bits per heavy atom. The van der Waals surface area contributed by atoms with Gasteiger partial charge in [0.25, 0.3) is 0 Å². The van der Waals surface area contributed by atoms with Crippen LogP contribution in [0.25, 0.3) is 11.1 Å². The first kappa shape index (κ1) is 12.8. The first-order valence-electron chi connectivity index (χ1n) is 5.47. The number of aliphatic carboxylic acids is 1. The summed E-state index contributed by atoms with van der Waals surface area (Å²) in [6.07, 6.45) is 0. The van der Waals surface area contributed by atoms with E-state index in [1.807, 2.05) is 0 Å². The first-order valence-corrected chi connectivity index (χ1v) is 5.47. The molecular weight excluding hydrogens is 250 g/mol. The second kappa shape index (κ2) is 4.56. The summed E-state index contributed by atoms with van der Waals surface area (Å²) >= 11 is 0. The third kappa shape index (κ3) is 2.20. The zero-order chi connectivity index (χ0) is 14.2. The molecule has 0 radical (unpaired) electrons. The molecule has 2 aromatic rings. The number of carboxylic acid groups (broad SMARTS) is 1. The molecule has 2 N–H and O–H groups in total. The van der Waals surface area contributed by atoms with E-state index in [1.165, 1.54) is 36.2 Å². The molecule has 0 fully saturated rings. The minimum Gasteiger partial charge on any atom is -0.508 e. The Morgan fingerprint density at radius 3 is 2.26 bits per heavy atom. The van der Waals surface area contributed by atoms with Gasteiger partial charge >= 0.3 is 5.97 Å². The molecule has 0 aliphatic rings. The van der Waals surface area contributed by atoms with Crippen molar-refractivity contribution in [3.63, 3.8) is 0 Å². The number of hydrogen-bond donors (Lipinski definition) is 2. The predicted molar refractivity (Wildman–Crippen MR) is 69.4 cm³/mol. The quantitative estimate of drug-likeness (QED) is 0.762. The van der Waals surface area contributed by atoms with Crippen LogP contribution in [-0.4, -0.2) is 29.8 Å². The molecule has 0 heterocycles. The second-order valence-electron chi connectivity index (χ2n) is 4.18. The van der Waals surface area contributed by atoms with Crippen LogP contribution in [0.3, 0.4) is 0 Å². The first-order chi connectivity index (χ1) is 8.91. The number of benzene rings is 1. The lowest BCUT2D eigenvalue weighted by molar-refractivity contribution is -0.135. The Kier molecular flexibility index (Phi) is 3.08. The van der Waals surface area contributed by atoms with Crippen LogP contribution in [0.15, 0.2) is 33.9 Å². The minimum atomic E-state index is -1.09. The maximum Gasteiger partial charge on any atom is 0.323 e. The van der Waals surface area contributed by atoms with Crippen molar-refractivity contribution in [3.8, 4) is 16.9 Å². The zero-order valence-electron chi connectivity index (χ0n) is 10.1. The van der Waals surface area contributed by atoms with Gasteiger partial charge in [0.2, 0.25) is 10.9 Å². The summed E-state index contributed by atoms with van der Waals surface area (Å²) in [6, 6.07) is 5.80. The van der Waals surface area contributed by atoms with Crippen molar-refractivity contribution in [1.82, 2.24) is 0 Å². The van der Waals surface area contributed by atoms with Gasteiger partial charge in [0.05, 0.1) is 5.56 Å². The number of phenols is 1. The number of phenolic OH excluding ortho intramolecular Hbond substituents is 1. The van der Waals surface area contributed by atoms with Crippen molar-refractivity contribution in [1.29, 1.82) is 0 Å². The van der Waals surface area contributed by atoms with E-state index < -0.39 is 16.8 Å². The van der Waals surface area contributed by atoms with E-state index >= 15 is 0 Å². The molecule has 0 saturated carbocycles. The average Bonchev–Trinajstić information content (AvgIpc) is 2.35. The fourth-order valence-corrected chi connectivity index (χ4v) is 1.92. The van der Waals surface area contributed by atoms with Crippen LogP contribution >= 0.6 is 0 Å². The molecule has 0 bridgehead atoms. The smallest absolute Gasteiger partial charge is 0.323 e. The van der Waals surface area contributed by atoms with Gasteiger partial charge in [0, 0.05) is 7.05 Å². The number of carboxylic acids is 1. The highest BCUT2D eigenvalue weighted by Gasteiger charge is 2.25. The number of nitrogens with zero attached hydrogens (tertiary/aromatic N) is 1. The van der Waals surface area contributed by atoms with Crippen molar-refractivity contribution in [3.05, 3.63) is 44.7 Å². The standard InChI is InChI=1S/C13H11NO5/c1-14(6-9(16)17)11-10(12(18)13(11)19)7-2-4-8(15)5-3-7/h2-5,15H,6H2,1H3,(H,16,17). The molecule has 98 valence electrons. The molecule has 0 atom stereocenters. The monoisotopic (exact) mass is 261 g/mol. The second-order valence-corrected chi connectivity index (χ2v) is 4.18. The molecule has 6 heteroatoms. The van der Waals surface area contributed by atoms with Crippen LogP contribution in [0.4, 0.5) is 5.69 Å². The van der Waals surface area contributed by atoms with Crippen molar-refractivity contribution in [2.24, 2.45) is 0 Å².